The van der Waals surface area contributed by atoms with Gasteiger partial charge in [0.15, 0.2) is 0 Å². The van der Waals surface area contributed by atoms with Gasteiger partial charge in [-0.3, -0.25) is 24.6 Å². The Morgan fingerprint density at radius 3 is 1.94 bits per heavy atom. The molecule has 54 heavy (non-hydrogen) atoms. The summed E-state index contributed by atoms with van der Waals surface area (Å²) in [7, 11) is 3.24. The smallest absolute Gasteiger partial charge is 0.326 e. The number of nitrogens with zero attached hydrogens (tertiary/aromatic N) is 6. The summed E-state index contributed by atoms with van der Waals surface area (Å²) in [5.41, 5.74) is 0.923. The van der Waals surface area contributed by atoms with Gasteiger partial charge in [0.2, 0.25) is 5.91 Å². The lowest BCUT2D eigenvalue weighted by atomic mass is 9.71. The number of aliphatic imine (C=N–C) groups is 1. The van der Waals surface area contributed by atoms with Crippen LogP contribution in [-0.2, 0) is 30.8 Å². The summed E-state index contributed by atoms with van der Waals surface area (Å²) in [6.45, 7) is 16.8. The van der Waals surface area contributed by atoms with Crippen LogP contribution in [0, 0.1) is 0 Å². The normalized spacial score (nSPS) is 20.6. The van der Waals surface area contributed by atoms with Gasteiger partial charge in [-0.05, 0) is 56.2 Å². The van der Waals surface area contributed by atoms with E-state index in [1.807, 2.05) is 71.3 Å². The van der Waals surface area contributed by atoms with E-state index < -0.39 is 11.1 Å². The van der Waals surface area contributed by atoms with Crippen LogP contribution in [0.1, 0.15) is 63.9 Å². The van der Waals surface area contributed by atoms with E-state index in [1.165, 1.54) is 0 Å². The Labute approximate surface area is 330 Å². The Balaban J connectivity index is 1.57. The third-order valence-corrected chi connectivity index (χ3v) is 11.1. The molecular formula is C41H54Cl2N6O5. The maximum Gasteiger partial charge on any atom is 0.326 e. The number of amides is 3. The minimum atomic E-state index is -1.06. The highest BCUT2D eigenvalue weighted by molar-refractivity contribution is 6.30. The lowest BCUT2D eigenvalue weighted by Crippen LogP contribution is -2.61. The molecule has 0 bridgehead atoms. The van der Waals surface area contributed by atoms with Crippen molar-refractivity contribution in [3.8, 4) is 5.75 Å². The number of pyridine rings is 1. The molecule has 5 rings (SSSR count). The number of amidine groups is 1. The van der Waals surface area contributed by atoms with Crippen LogP contribution in [0.4, 0.5) is 4.79 Å². The Morgan fingerprint density at radius 1 is 0.870 bits per heavy atom. The van der Waals surface area contributed by atoms with Crippen molar-refractivity contribution in [2.75, 3.05) is 79.9 Å². The predicted molar refractivity (Wildman–Crippen MR) is 214 cm³/mol. The molecule has 3 aromatic rings. The summed E-state index contributed by atoms with van der Waals surface area (Å²) in [6, 6.07) is 17.0. The molecule has 0 saturated carbocycles. The summed E-state index contributed by atoms with van der Waals surface area (Å²) in [4.78, 5) is 46.6. The van der Waals surface area contributed by atoms with Crippen molar-refractivity contribution in [3.63, 3.8) is 0 Å². The SMILES string of the molecule is CCOc1cc(C(C)(C)C)ncc1C1=NC(C)(c2ccc(Cl)cc2)C(C)(c2ccc(Cl)cc2)N1C(=O)N1CCN(CC(=O)N(CCOC)CCOC)CC1. The molecular weight excluding hydrogens is 727 g/mol. The quantitative estimate of drug-likeness (QED) is 0.188. The second-order valence-electron chi connectivity index (χ2n) is 15.1. The zero-order valence-electron chi connectivity index (χ0n) is 32.8. The average Bonchev–Trinajstić information content (AvgIpc) is 3.39. The van der Waals surface area contributed by atoms with Crippen LogP contribution in [0.2, 0.25) is 10.0 Å². The molecule has 2 aliphatic heterocycles. The molecule has 11 nitrogen and oxygen atoms in total. The highest BCUT2D eigenvalue weighted by atomic mass is 35.5. The first-order chi connectivity index (χ1) is 25.7. The van der Waals surface area contributed by atoms with E-state index in [2.05, 4.69) is 39.5 Å². The van der Waals surface area contributed by atoms with E-state index >= 15 is 4.79 Å². The van der Waals surface area contributed by atoms with E-state index in [-0.39, 0.29) is 23.9 Å². The molecule has 1 fully saturated rings. The van der Waals surface area contributed by atoms with Gasteiger partial charge in [-0.1, -0.05) is 68.2 Å². The Bertz CT molecular complexity index is 1780. The van der Waals surface area contributed by atoms with Crippen molar-refractivity contribution in [1.29, 1.82) is 0 Å². The number of aromatic nitrogens is 1. The van der Waals surface area contributed by atoms with Crippen LogP contribution >= 0.6 is 23.2 Å². The summed E-state index contributed by atoms with van der Waals surface area (Å²) in [6.07, 6.45) is 1.78. The van der Waals surface area contributed by atoms with E-state index in [1.54, 1.807) is 25.3 Å². The molecule has 0 aliphatic carbocycles. The first-order valence-corrected chi connectivity index (χ1v) is 19.3. The van der Waals surface area contributed by atoms with Gasteiger partial charge >= 0.3 is 6.03 Å². The third-order valence-electron chi connectivity index (χ3n) is 10.6. The molecule has 13 heteroatoms. The van der Waals surface area contributed by atoms with Crippen LogP contribution < -0.4 is 4.74 Å². The highest BCUT2D eigenvalue weighted by Gasteiger charge is 2.60. The van der Waals surface area contributed by atoms with Crippen LogP contribution in [0.15, 0.2) is 65.8 Å². The van der Waals surface area contributed by atoms with Crippen molar-refractivity contribution in [1.82, 2.24) is 24.6 Å². The molecule has 1 saturated heterocycles. The second-order valence-corrected chi connectivity index (χ2v) is 16.0. The molecule has 1 aromatic heterocycles. The second kappa shape index (κ2) is 17.4. The maximum absolute atomic E-state index is 15.3. The van der Waals surface area contributed by atoms with E-state index in [4.69, 9.17) is 47.4 Å². The van der Waals surface area contributed by atoms with Gasteiger partial charge in [0, 0.05) is 86.9 Å². The number of ether oxygens (including phenoxy) is 3. The average molecular weight is 782 g/mol. The number of methoxy groups -OCH3 is 2. The molecule has 0 spiro atoms. The van der Waals surface area contributed by atoms with Crippen molar-refractivity contribution >= 4 is 41.0 Å². The number of hydrogen-bond acceptors (Lipinski definition) is 8. The first kappa shape index (κ1) is 41.4. The van der Waals surface area contributed by atoms with Crippen LogP contribution in [0.25, 0.3) is 0 Å². The van der Waals surface area contributed by atoms with Gasteiger partial charge in [-0.25, -0.2) is 4.79 Å². The maximum atomic E-state index is 15.3. The molecule has 2 unspecified atom stereocenters. The predicted octanol–water partition coefficient (Wildman–Crippen LogP) is 6.84. The fourth-order valence-electron chi connectivity index (χ4n) is 7.15. The van der Waals surface area contributed by atoms with Crippen LogP contribution in [0.5, 0.6) is 5.75 Å². The van der Waals surface area contributed by atoms with E-state index in [0.29, 0.717) is 86.3 Å². The molecule has 3 amide bonds. The third kappa shape index (κ3) is 8.55. The van der Waals surface area contributed by atoms with E-state index in [0.717, 1.165) is 16.8 Å². The number of hydrogen-bond donors (Lipinski definition) is 0. The van der Waals surface area contributed by atoms with E-state index in [9.17, 15) is 4.79 Å². The van der Waals surface area contributed by atoms with Gasteiger partial charge in [-0.2, -0.15) is 0 Å². The van der Waals surface area contributed by atoms with Crippen molar-refractivity contribution < 1.29 is 23.8 Å². The van der Waals surface area contributed by atoms with Crippen molar-refractivity contribution in [2.24, 2.45) is 4.99 Å². The fraction of sp³-hybridized carbons (Fsp3) is 0.512. The topological polar surface area (TPSA) is 100 Å². The Morgan fingerprint density at radius 2 is 1.43 bits per heavy atom. The molecule has 2 aliphatic rings. The zero-order valence-corrected chi connectivity index (χ0v) is 34.3. The fourth-order valence-corrected chi connectivity index (χ4v) is 7.40. The summed E-state index contributed by atoms with van der Waals surface area (Å²) in [5, 5.41) is 1.19. The van der Waals surface area contributed by atoms with Crippen molar-refractivity contribution in [3.05, 3.63) is 93.2 Å². The number of carbonyl (C=O) groups excluding carboxylic acids is 2. The molecule has 0 radical (unpaired) electrons. The van der Waals surface area contributed by atoms with Gasteiger partial charge < -0.3 is 24.0 Å². The summed E-state index contributed by atoms with van der Waals surface area (Å²) >= 11 is 12.8. The number of benzene rings is 2. The van der Waals surface area contributed by atoms with Gasteiger partial charge in [-0.15, -0.1) is 0 Å². The zero-order chi connectivity index (χ0) is 39.3. The molecule has 292 valence electrons. The number of carbonyl (C=O) groups is 2. The summed E-state index contributed by atoms with van der Waals surface area (Å²) in [5.74, 6) is 1.06. The van der Waals surface area contributed by atoms with Gasteiger partial charge in [0.1, 0.15) is 22.7 Å². The highest BCUT2D eigenvalue weighted by Crippen LogP contribution is 2.54. The Kier molecular flexibility index (Phi) is 13.3. The standard InChI is InChI=1S/C41H54Cl2N6O5/c1-9-54-34-26-35(39(2,3)4)44-27-33(34)37-45-40(5,29-10-14-31(42)15-11-29)41(6,30-12-16-32(43)17-13-30)49(37)38(51)48-20-18-46(19-21-48)28-36(50)47(22-24-52-7)23-25-53-8/h10-17,26-27H,9,18-25,28H2,1-8H3. The van der Waals surface area contributed by atoms with Gasteiger partial charge in [0.25, 0.3) is 0 Å². The first-order valence-electron chi connectivity index (χ1n) is 18.5. The minimum absolute atomic E-state index is 0.00143. The lowest BCUT2D eigenvalue weighted by molar-refractivity contribution is -0.134. The van der Waals surface area contributed by atoms with Crippen LogP contribution in [-0.4, -0.2) is 122 Å². The molecule has 0 N–H and O–H groups in total. The number of piperazine rings is 1. The van der Waals surface area contributed by atoms with Crippen molar-refractivity contribution in [2.45, 2.75) is 58.0 Å². The lowest BCUT2D eigenvalue weighted by Gasteiger charge is -2.47. The van der Waals surface area contributed by atoms with Gasteiger partial charge in [0.05, 0.1) is 31.9 Å². The molecule has 2 atom stereocenters. The summed E-state index contributed by atoms with van der Waals surface area (Å²) < 4.78 is 16.8. The monoisotopic (exact) mass is 780 g/mol. The Hall–Kier alpha value is -3.74. The molecule has 2 aromatic carbocycles. The molecule has 3 heterocycles. The number of halogens is 2. The van der Waals surface area contributed by atoms with Crippen LogP contribution in [0.3, 0.4) is 0 Å². The minimum Gasteiger partial charge on any atom is -0.493 e. The largest absolute Gasteiger partial charge is 0.493 e. The number of urea groups is 1. The number of rotatable bonds is 13.